The molecule has 0 bridgehead atoms. The summed E-state index contributed by atoms with van der Waals surface area (Å²) in [6.07, 6.45) is 0.699. The Labute approximate surface area is 158 Å². The third-order valence-electron chi connectivity index (χ3n) is 3.53. The van der Waals surface area contributed by atoms with Gasteiger partial charge in [0.15, 0.2) is 18.1 Å². The van der Waals surface area contributed by atoms with Gasteiger partial charge >= 0.3 is 5.97 Å². The second-order valence-corrected chi connectivity index (χ2v) is 6.65. The van der Waals surface area contributed by atoms with Crippen LogP contribution in [0.4, 0.5) is 5.69 Å². The molecule has 0 spiro atoms. The molecule has 1 heterocycles. The molecule has 0 aromatic heterocycles. The SMILES string of the molecule is O=C(COC(=O)CCc1ccc2c(c1)OCO2)Nc1cccc(I)c1. The Bertz CT molecular complexity index is 793. The monoisotopic (exact) mass is 453 g/mol. The molecular weight excluding hydrogens is 437 g/mol. The highest BCUT2D eigenvalue weighted by Gasteiger charge is 2.14. The Balaban J connectivity index is 1.41. The highest BCUT2D eigenvalue weighted by Crippen LogP contribution is 2.32. The number of fused-ring (bicyclic) bond motifs is 1. The Morgan fingerprint density at radius 2 is 1.96 bits per heavy atom. The largest absolute Gasteiger partial charge is 0.456 e. The van der Waals surface area contributed by atoms with Crippen molar-refractivity contribution in [2.24, 2.45) is 0 Å². The van der Waals surface area contributed by atoms with Gasteiger partial charge in [-0.3, -0.25) is 9.59 Å². The second-order valence-electron chi connectivity index (χ2n) is 5.41. The molecule has 7 heteroatoms. The maximum atomic E-state index is 11.8. The molecule has 1 N–H and O–H groups in total. The van der Waals surface area contributed by atoms with E-state index in [1.807, 2.05) is 36.4 Å². The van der Waals surface area contributed by atoms with Gasteiger partial charge in [0.05, 0.1) is 0 Å². The number of esters is 1. The van der Waals surface area contributed by atoms with Crippen molar-refractivity contribution in [3.8, 4) is 11.5 Å². The van der Waals surface area contributed by atoms with Crippen molar-refractivity contribution in [1.82, 2.24) is 0 Å². The summed E-state index contributed by atoms with van der Waals surface area (Å²) < 4.78 is 16.6. The van der Waals surface area contributed by atoms with E-state index in [0.29, 0.717) is 23.6 Å². The topological polar surface area (TPSA) is 73.9 Å². The van der Waals surface area contributed by atoms with Gasteiger partial charge in [0, 0.05) is 15.7 Å². The number of halogens is 1. The van der Waals surface area contributed by atoms with Crippen molar-refractivity contribution in [3.05, 3.63) is 51.6 Å². The van der Waals surface area contributed by atoms with Gasteiger partial charge in [-0.05, 0) is 64.9 Å². The van der Waals surface area contributed by atoms with Crippen molar-refractivity contribution in [1.29, 1.82) is 0 Å². The summed E-state index contributed by atoms with van der Waals surface area (Å²) in [6.45, 7) is -0.0815. The van der Waals surface area contributed by atoms with E-state index in [9.17, 15) is 9.59 Å². The number of amides is 1. The van der Waals surface area contributed by atoms with Crippen LogP contribution >= 0.6 is 22.6 Å². The lowest BCUT2D eigenvalue weighted by molar-refractivity contribution is -0.147. The number of benzene rings is 2. The molecule has 1 aliphatic rings. The van der Waals surface area contributed by atoms with Gasteiger partial charge < -0.3 is 19.5 Å². The summed E-state index contributed by atoms with van der Waals surface area (Å²) in [5.74, 6) is 0.607. The van der Waals surface area contributed by atoms with Crippen LogP contribution in [0, 0.1) is 3.57 Å². The number of aryl methyl sites for hydroxylation is 1. The Kier molecular flexibility index (Phi) is 5.75. The number of carbonyl (C=O) groups excluding carboxylic acids is 2. The molecule has 130 valence electrons. The number of carbonyl (C=O) groups is 2. The fourth-order valence-corrected chi connectivity index (χ4v) is 2.87. The van der Waals surface area contributed by atoms with Crippen LogP contribution in [0.2, 0.25) is 0 Å². The number of anilines is 1. The predicted octanol–water partition coefficient (Wildman–Crippen LogP) is 3.13. The first-order valence-corrected chi connectivity index (χ1v) is 8.77. The van der Waals surface area contributed by atoms with Gasteiger partial charge in [0.25, 0.3) is 5.91 Å². The zero-order valence-electron chi connectivity index (χ0n) is 13.3. The normalized spacial score (nSPS) is 11.9. The molecule has 0 aliphatic carbocycles. The van der Waals surface area contributed by atoms with E-state index in [4.69, 9.17) is 14.2 Å². The molecule has 1 amide bonds. The number of nitrogens with one attached hydrogen (secondary N) is 1. The molecule has 0 unspecified atom stereocenters. The van der Waals surface area contributed by atoms with Crippen molar-refractivity contribution in [2.45, 2.75) is 12.8 Å². The van der Waals surface area contributed by atoms with Crippen LogP contribution in [0.15, 0.2) is 42.5 Å². The van der Waals surface area contributed by atoms with E-state index in [1.54, 1.807) is 6.07 Å². The van der Waals surface area contributed by atoms with E-state index in [2.05, 4.69) is 27.9 Å². The fourth-order valence-electron chi connectivity index (χ4n) is 2.32. The molecule has 25 heavy (non-hydrogen) atoms. The van der Waals surface area contributed by atoms with Crippen LogP contribution in [0.25, 0.3) is 0 Å². The number of rotatable bonds is 6. The molecule has 0 radical (unpaired) electrons. The Morgan fingerprint density at radius 1 is 1.12 bits per heavy atom. The summed E-state index contributed by atoms with van der Waals surface area (Å²) in [5.41, 5.74) is 1.62. The number of hydrogen-bond acceptors (Lipinski definition) is 5. The molecule has 2 aromatic rings. The minimum atomic E-state index is -0.421. The van der Waals surface area contributed by atoms with Crippen molar-refractivity contribution < 1.29 is 23.8 Å². The molecule has 0 saturated heterocycles. The Hall–Kier alpha value is -2.29. The average Bonchev–Trinajstić information content (AvgIpc) is 3.06. The van der Waals surface area contributed by atoms with Crippen molar-refractivity contribution in [3.63, 3.8) is 0 Å². The first kappa shape index (κ1) is 17.5. The van der Waals surface area contributed by atoms with Crippen molar-refractivity contribution in [2.75, 3.05) is 18.7 Å². The molecule has 1 aliphatic heterocycles. The quantitative estimate of drug-likeness (QED) is 0.538. The van der Waals surface area contributed by atoms with E-state index in [-0.39, 0.29) is 25.7 Å². The van der Waals surface area contributed by atoms with Gasteiger partial charge in [0.2, 0.25) is 6.79 Å². The zero-order chi connectivity index (χ0) is 17.6. The van der Waals surface area contributed by atoms with Crippen LogP contribution < -0.4 is 14.8 Å². The molecular formula is C18H16INO5. The molecule has 0 atom stereocenters. The lowest BCUT2D eigenvalue weighted by Crippen LogP contribution is -2.21. The summed E-state index contributed by atoms with van der Waals surface area (Å²) in [6, 6.07) is 12.9. The van der Waals surface area contributed by atoms with Gasteiger partial charge in [-0.2, -0.15) is 0 Å². The van der Waals surface area contributed by atoms with Gasteiger partial charge in [-0.1, -0.05) is 12.1 Å². The lowest BCUT2D eigenvalue weighted by Gasteiger charge is -2.07. The molecule has 6 nitrogen and oxygen atoms in total. The summed E-state index contributed by atoms with van der Waals surface area (Å²) in [7, 11) is 0. The van der Waals surface area contributed by atoms with E-state index in [1.165, 1.54) is 0 Å². The predicted molar refractivity (Wildman–Crippen MR) is 99.6 cm³/mol. The van der Waals surface area contributed by atoms with Gasteiger partial charge in [-0.25, -0.2) is 0 Å². The van der Waals surface area contributed by atoms with E-state index >= 15 is 0 Å². The molecule has 0 fully saturated rings. The minimum Gasteiger partial charge on any atom is -0.456 e. The molecule has 2 aromatic carbocycles. The number of ether oxygens (including phenoxy) is 3. The van der Waals surface area contributed by atoms with Gasteiger partial charge in [0.1, 0.15) is 0 Å². The average molecular weight is 453 g/mol. The summed E-state index contributed by atoms with van der Waals surface area (Å²) in [4.78, 5) is 23.6. The van der Waals surface area contributed by atoms with Crippen LogP contribution in [-0.4, -0.2) is 25.3 Å². The second kappa shape index (κ2) is 8.19. The summed E-state index contributed by atoms with van der Waals surface area (Å²) >= 11 is 2.16. The van der Waals surface area contributed by atoms with Crippen LogP contribution in [-0.2, 0) is 20.7 Å². The van der Waals surface area contributed by atoms with Crippen LogP contribution in [0.5, 0.6) is 11.5 Å². The third-order valence-corrected chi connectivity index (χ3v) is 4.20. The number of hydrogen-bond donors (Lipinski definition) is 1. The van der Waals surface area contributed by atoms with E-state index in [0.717, 1.165) is 9.13 Å². The smallest absolute Gasteiger partial charge is 0.306 e. The fraction of sp³-hybridized carbons (Fsp3) is 0.222. The first-order chi connectivity index (χ1) is 12.1. The maximum Gasteiger partial charge on any atom is 0.306 e. The van der Waals surface area contributed by atoms with Gasteiger partial charge in [-0.15, -0.1) is 0 Å². The van der Waals surface area contributed by atoms with Crippen molar-refractivity contribution >= 4 is 40.2 Å². The third kappa shape index (κ3) is 5.09. The van der Waals surface area contributed by atoms with E-state index < -0.39 is 5.97 Å². The maximum absolute atomic E-state index is 11.8. The first-order valence-electron chi connectivity index (χ1n) is 7.70. The Morgan fingerprint density at radius 3 is 2.80 bits per heavy atom. The minimum absolute atomic E-state index is 0.191. The summed E-state index contributed by atoms with van der Waals surface area (Å²) in [5, 5.41) is 2.69. The molecule has 0 saturated carbocycles. The highest BCUT2D eigenvalue weighted by atomic mass is 127. The standard InChI is InChI=1S/C18H16INO5/c19-13-2-1-3-14(9-13)20-17(21)10-23-18(22)7-5-12-4-6-15-16(8-12)25-11-24-15/h1-4,6,8-9H,5,7,10-11H2,(H,20,21). The zero-order valence-corrected chi connectivity index (χ0v) is 15.4. The highest BCUT2D eigenvalue weighted by molar-refractivity contribution is 14.1. The van der Waals surface area contributed by atoms with Crippen LogP contribution in [0.1, 0.15) is 12.0 Å². The van der Waals surface area contributed by atoms with Crippen LogP contribution in [0.3, 0.4) is 0 Å². The lowest BCUT2D eigenvalue weighted by atomic mass is 10.1. The molecule has 3 rings (SSSR count).